The Morgan fingerprint density at radius 2 is 1.81 bits per heavy atom. The van der Waals surface area contributed by atoms with Crippen LogP contribution in [-0.2, 0) is 12.4 Å². The van der Waals surface area contributed by atoms with E-state index in [0.29, 0.717) is 0 Å². The summed E-state index contributed by atoms with van der Waals surface area (Å²) in [7, 11) is -2.24. The van der Waals surface area contributed by atoms with Crippen molar-refractivity contribution >= 4 is 35.1 Å². The van der Waals surface area contributed by atoms with Gasteiger partial charge in [0, 0.05) is 18.6 Å². The van der Waals surface area contributed by atoms with Gasteiger partial charge in [-0.05, 0) is 25.1 Å². The van der Waals surface area contributed by atoms with Crippen LogP contribution in [0.1, 0.15) is 0 Å². The average Bonchev–Trinajstić information content (AvgIpc) is 2.29. The molecule has 0 saturated carbocycles. The molecule has 1 aromatic carbocycles. The molecular formula is C10H18O3SSi2. The summed E-state index contributed by atoms with van der Waals surface area (Å²) in [5.41, 5.74) is 0. The summed E-state index contributed by atoms with van der Waals surface area (Å²) in [4.78, 5) is 0. The third kappa shape index (κ3) is 3.44. The van der Waals surface area contributed by atoms with Gasteiger partial charge < -0.3 is 12.4 Å². The molecule has 0 N–H and O–H groups in total. The Morgan fingerprint density at radius 1 is 1.19 bits per heavy atom. The van der Waals surface area contributed by atoms with Gasteiger partial charge in [-0.2, -0.15) is 0 Å². The number of benzene rings is 1. The van der Waals surface area contributed by atoms with Gasteiger partial charge in [0.05, 0.1) is 0 Å². The predicted molar refractivity (Wildman–Crippen MR) is 73.4 cm³/mol. The zero-order chi connectivity index (χ0) is 12.0. The van der Waals surface area contributed by atoms with Gasteiger partial charge in [-0.3, -0.25) is 0 Å². The lowest BCUT2D eigenvalue weighted by Crippen LogP contribution is -2.56. The monoisotopic (exact) mass is 274 g/mol. The molecule has 0 aliphatic rings. The molecule has 1 rings (SSSR count). The average molecular weight is 274 g/mol. The van der Waals surface area contributed by atoms with Crippen LogP contribution in [0.25, 0.3) is 0 Å². The SMILES string of the molecule is CO[Si](OSC)(O[SiH](C)C)c1ccccc1. The summed E-state index contributed by atoms with van der Waals surface area (Å²) < 4.78 is 17.3. The van der Waals surface area contributed by atoms with Crippen LogP contribution in [0.5, 0.6) is 0 Å². The summed E-state index contributed by atoms with van der Waals surface area (Å²) in [5.74, 6) is 0. The van der Waals surface area contributed by atoms with E-state index >= 15 is 0 Å². The van der Waals surface area contributed by atoms with E-state index in [4.69, 9.17) is 12.4 Å². The highest BCUT2D eigenvalue weighted by Gasteiger charge is 2.43. The second-order valence-electron chi connectivity index (χ2n) is 3.54. The molecular weight excluding hydrogens is 256 g/mol. The minimum absolute atomic E-state index is 1.02. The summed E-state index contributed by atoms with van der Waals surface area (Å²) >= 11 is 1.30. The van der Waals surface area contributed by atoms with E-state index in [1.165, 1.54) is 12.0 Å². The maximum Gasteiger partial charge on any atom is 0.537 e. The normalized spacial score (nSPS) is 15.1. The molecule has 0 spiro atoms. The molecule has 0 saturated heterocycles. The van der Waals surface area contributed by atoms with E-state index in [1.54, 1.807) is 7.11 Å². The van der Waals surface area contributed by atoms with E-state index in [9.17, 15) is 0 Å². The van der Waals surface area contributed by atoms with Crippen molar-refractivity contribution in [1.29, 1.82) is 0 Å². The Labute approximate surface area is 104 Å². The van der Waals surface area contributed by atoms with Gasteiger partial charge in [-0.15, -0.1) is 0 Å². The lowest BCUT2D eigenvalue weighted by atomic mass is 10.4. The summed E-state index contributed by atoms with van der Waals surface area (Å²) in [6.45, 7) is 4.24. The van der Waals surface area contributed by atoms with Crippen LogP contribution in [0, 0.1) is 0 Å². The number of hydrogen-bond acceptors (Lipinski definition) is 4. The molecule has 3 nitrogen and oxygen atoms in total. The van der Waals surface area contributed by atoms with Crippen LogP contribution in [0.15, 0.2) is 30.3 Å². The molecule has 0 heterocycles. The molecule has 1 atom stereocenters. The Bertz CT molecular complexity index is 310. The van der Waals surface area contributed by atoms with E-state index in [-0.39, 0.29) is 0 Å². The van der Waals surface area contributed by atoms with E-state index in [1.807, 2.05) is 36.6 Å². The Balaban J connectivity index is 3.01. The maximum absolute atomic E-state index is 6.03. The van der Waals surface area contributed by atoms with Crippen molar-refractivity contribution in [3.8, 4) is 0 Å². The molecule has 0 aliphatic heterocycles. The fourth-order valence-corrected chi connectivity index (χ4v) is 7.69. The summed E-state index contributed by atoms with van der Waals surface area (Å²) in [6, 6.07) is 9.94. The van der Waals surface area contributed by atoms with Crippen LogP contribution < -0.4 is 5.19 Å². The molecule has 0 aliphatic carbocycles. The van der Waals surface area contributed by atoms with Gasteiger partial charge >= 0.3 is 8.80 Å². The quantitative estimate of drug-likeness (QED) is 0.584. The van der Waals surface area contributed by atoms with E-state index in [2.05, 4.69) is 13.1 Å². The third-order valence-corrected chi connectivity index (χ3v) is 8.23. The smallest absolute Gasteiger partial charge is 0.415 e. The Morgan fingerprint density at radius 3 is 2.25 bits per heavy atom. The number of hydrogen-bond donors (Lipinski definition) is 0. The van der Waals surface area contributed by atoms with Crippen LogP contribution in [0.4, 0.5) is 0 Å². The van der Waals surface area contributed by atoms with Crippen LogP contribution in [0.2, 0.25) is 13.1 Å². The van der Waals surface area contributed by atoms with Gasteiger partial charge in [0.2, 0.25) is 0 Å². The van der Waals surface area contributed by atoms with Crippen molar-refractivity contribution in [2.75, 3.05) is 13.4 Å². The number of rotatable bonds is 6. The van der Waals surface area contributed by atoms with Gasteiger partial charge in [0.1, 0.15) is 0 Å². The zero-order valence-corrected chi connectivity index (χ0v) is 13.1. The third-order valence-electron chi connectivity index (χ3n) is 1.98. The van der Waals surface area contributed by atoms with Crippen LogP contribution in [0.3, 0.4) is 0 Å². The molecule has 16 heavy (non-hydrogen) atoms. The first kappa shape index (κ1) is 13.9. The first-order chi connectivity index (χ1) is 7.64. The van der Waals surface area contributed by atoms with Gasteiger partial charge in [0.25, 0.3) is 0 Å². The predicted octanol–water partition coefficient (Wildman–Crippen LogP) is 1.77. The Hall–Kier alpha value is -0.116. The molecule has 1 aromatic rings. The Kier molecular flexibility index (Phi) is 5.73. The lowest BCUT2D eigenvalue weighted by molar-refractivity contribution is 0.239. The van der Waals surface area contributed by atoms with Crippen molar-refractivity contribution < 1.29 is 12.4 Å². The van der Waals surface area contributed by atoms with Crippen LogP contribution in [-0.4, -0.2) is 31.2 Å². The summed E-state index contributed by atoms with van der Waals surface area (Å²) in [5, 5.41) is 1.02. The van der Waals surface area contributed by atoms with Crippen molar-refractivity contribution in [2.24, 2.45) is 0 Å². The standard InChI is InChI=1S/C10H18O3SSi2/c1-11-16(12-14-2,13-15(3)4)10-8-6-5-7-9-10/h5-9,15H,1-4H3. The highest BCUT2D eigenvalue weighted by Crippen LogP contribution is 2.16. The van der Waals surface area contributed by atoms with E-state index in [0.717, 1.165) is 5.19 Å². The van der Waals surface area contributed by atoms with Crippen molar-refractivity contribution in [2.45, 2.75) is 13.1 Å². The van der Waals surface area contributed by atoms with Gasteiger partial charge in [0.15, 0.2) is 9.04 Å². The van der Waals surface area contributed by atoms with Crippen molar-refractivity contribution in [1.82, 2.24) is 0 Å². The van der Waals surface area contributed by atoms with Gasteiger partial charge in [-0.25, -0.2) is 0 Å². The van der Waals surface area contributed by atoms with Crippen molar-refractivity contribution in [3.63, 3.8) is 0 Å². The minimum atomic E-state index is -2.68. The second-order valence-corrected chi connectivity index (χ2v) is 9.68. The topological polar surface area (TPSA) is 27.7 Å². The first-order valence-electron chi connectivity index (χ1n) is 5.15. The van der Waals surface area contributed by atoms with Gasteiger partial charge in [-0.1, -0.05) is 30.3 Å². The van der Waals surface area contributed by atoms with Crippen molar-refractivity contribution in [3.05, 3.63) is 30.3 Å². The molecule has 0 amide bonds. The molecule has 0 fully saturated rings. The molecule has 90 valence electrons. The fraction of sp³-hybridized carbons (Fsp3) is 0.400. The zero-order valence-electron chi connectivity index (χ0n) is 10.1. The largest absolute Gasteiger partial charge is 0.537 e. The first-order valence-corrected chi connectivity index (χ1v) is 10.8. The molecule has 1 unspecified atom stereocenters. The summed E-state index contributed by atoms with van der Waals surface area (Å²) in [6.07, 6.45) is 1.88. The highest BCUT2D eigenvalue weighted by atomic mass is 32.2. The highest BCUT2D eigenvalue weighted by molar-refractivity contribution is 7.94. The maximum atomic E-state index is 6.03. The second kappa shape index (κ2) is 6.58. The molecule has 6 heteroatoms. The fourth-order valence-electron chi connectivity index (χ4n) is 1.40. The lowest BCUT2D eigenvalue weighted by Gasteiger charge is -2.28. The molecule has 0 bridgehead atoms. The minimum Gasteiger partial charge on any atom is -0.415 e. The molecule has 0 radical (unpaired) electrons. The van der Waals surface area contributed by atoms with Crippen LogP contribution >= 0.6 is 12.0 Å². The molecule has 0 aromatic heterocycles. The van der Waals surface area contributed by atoms with E-state index < -0.39 is 17.8 Å².